The lowest BCUT2D eigenvalue weighted by Gasteiger charge is -2.27. The van der Waals surface area contributed by atoms with Gasteiger partial charge in [-0.2, -0.15) is 0 Å². The number of nitrogens with two attached hydrogens (primary N) is 1. The molecular formula is C12H19N. The Hall–Kier alpha value is -0.820. The Morgan fingerprint density at radius 2 is 1.62 bits per heavy atom. The molecule has 0 heterocycles. The molecule has 0 amide bonds. The van der Waals surface area contributed by atoms with Crippen LogP contribution in [0.4, 0.5) is 0 Å². The summed E-state index contributed by atoms with van der Waals surface area (Å²) in [5, 5.41) is 0. The molecule has 1 aromatic rings. The molecule has 0 radical (unpaired) electrons. The Bertz CT molecular complexity index is 266. The lowest BCUT2D eigenvalue weighted by atomic mass is 9.84. The minimum absolute atomic E-state index is 0.144. The van der Waals surface area contributed by atoms with Crippen molar-refractivity contribution in [1.29, 1.82) is 0 Å². The second-order valence-electron chi connectivity index (χ2n) is 4.45. The Morgan fingerprint density at radius 1 is 1.15 bits per heavy atom. The van der Waals surface area contributed by atoms with Crippen LogP contribution in [0.5, 0.6) is 0 Å². The first-order valence-corrected chi connectivity index (χ1v) is 4.76. The Labute approximate surface area is 81.0 Å². The van der Waals surface area contributed by atoms with Crippen LogP contribution in [-0.2, 0) is 0 Å². The lowest BCUT2D eigenvalue weighted by molar-refractivity contribution is 0.435. The fourth-order valence-electron chi connectivity index (χ4n) is 1.28. The third-order valence-electron chi connectivity index (χ3n) is 2.69. The van der Waals surface area contributed by atoms with Crippen LogP contribution < -0.4 is 5.73 Å². The van der Waals surface area contributed by atoms with E-state index < -0.39 is 0 Å². The molecule has 2 N–H and O–H groups in total. The van der Waals surface area contributed by atoms with Crippen molar-refractivity contribution in [3.8, 4) is 0 Å². The first kappa shape index (κ1) is 10.3. The molecule has 0 aliphatic carbocycles. The Balaban J connectivity index is 2.90. The molecule has 0 saturated heterocycles. The van der Waals surface area contributed by atoms with Crippen molar-refractivity contribution in [2.45, 2.75) is 39.2 Å². The maximum Gasteiger partial charge on any atom is 0.0163 e. The summed E-state index contributed by atoms with van der Waals surface area (Å²) in [6.07, 6.45) is 0. The van der Waals surface area contributed by atoms with Gasteiger partial charge in [-0.1, -0.05) is 36.8 Å². The molecule has 1 aromatic carbocycles. The van der Waals surface area contributed by atoms with Gasteiger partial charge in [-0.25, -0.2) is 0 Å². The summed E-state index contributed by atoms with van der Waals surface area (Å²) in [6.45, 7) is 8.40. The molecule has 0 spiro atoms. The fraction of sp³-hybridized carbons (Fsp3) is 0.500. The van der Waals surface area contributed by atoms with E-state index in [1.807, 2.05) is 0 Å². The summed E-state index contributed by atoms with van der Waals surface area (Å²) >= 11 is 0. The monoisotopic (exact) mass is 177 g/mol. The molecule has 0 aliphatic heterocycles. The number of benzene rings is 1. The fourth-order valence-corrected chi connectivity index (χ4v) is 1.28. The number of hydrogen-bond acceptors (Lipinski definition) is 1. The van der Waals surface area contributed by atoms with E-state index in [2.05, 4.69) is 52.0 Å². The quantitative estimate of drug-likeness (QED) is 0.738. The molecule has 13 heavy (non-hydrogen) atoms. The van der Waals surface area contributed by atoms with Gasteiger partial charge in [0.25, 0.3) is 0 Å². The van der Waals surface area contributed by atoms with E-state index in [9.17, 15) is 0 Å². The second-order valence-corrected chi connectivity index (χ2v) is 4.45. The largest absolute Gasteiger partial charge is 0.325 e. The highest BCUT2D eigenvalue weighted by Gasteiger charge is 2.21. The van der Waals surface area contributed by atoms with Crippen LogP contribution in [0, 0.1) is 6.92 Å². The van der Waals surface area contributed by atoms with Crippen LogP contribution in [0.3, 0.4) is 0 Å². The topological polar surface area (TPSA) is 26.0 Å². The molecular weight excluding hydrogens is 158 g/mol. The lowest BCUT2D eigenvalue weighted by Crippen LogP contribution is -2.37. The summed E-state index contributed by atoms with van der Waals surface area (Å²) < 4.78 is 0. The minimum atomic E-state index is -0.144. The van der Waals surface area contributed by atoms with Gasteiger partial charge in [-0.05, 0) is 32.3 Å². The molecule has 1 nitrogen and oxygen atoms in total. The summed E-state index contributed by atoms with van der Waals surface area (Å²) in [5.41, 5.74) is 8.52. The zero-order chi connectivity index (χ0) is 10.1. The summed E-state index contributed by atoms with van der Waals surface area (Å²) in [7, 11) is 0. The van der Waals surface area contributed by atoms with Gasteiger partial charge < -0.3 is 5.73 Å². The van der Waals surface area contributed by atoms with Gasteiger partial charge in [-0.3, -0.25) is 0 Å². The average molecular weight is 177 g/mol. The van der Waals surface area contributed by atoms with E-state index in [1.54, 1.807) is 0 Å². The predicted molar refractivity (Wildman–Crippen MR) is 57.9 cm³/mol. The maximum absolute atomic E-state index is 6.05. The number of rotatable bonds is 2. The van der Waals surface area contributed by atoms with E-state index in [0.717, 1.165) is 0 Å². The zero-order valence-corrected chi connectivity index (χ0v) is 8.96. The third-order valence-corrected chi connectivity index (χ3v) is 2.69. The SMILES string of the molecule is Cc1ccc(C(C)C(C)(C)N)cc1. The van der Waals surface area contributed by atoms with Crippen LogP contribution in [-0.4, -0.2) is 5.54 Å². The van der Waals surface area contributed by atoms with Gasteiger partial charge >= 0.3 is 0 Å². The number of hydrogen-bond donors (Lipinski definition) is 1. The van der Waals surface area contributed by atoms with E-state index in [1.165, 1.54) is 11.1 Å². The molecule has 1 rings (SSSR count). The second kappa shape index (κ2) is 3.51. The molecule has 0 saturated carbocycles. The molecule has 1 atom stereocenters. The Morgan fingerprint density at radius 3 is 2.00 bits per heavy atom. The average Bonchev–Trinajstić information content (AvgIpc) is 2.03. The van der Waals surface area contributed by atoms with Crippen molar-refractivity contribution < 1.29 is 0 Å². The van der Waals surface area contributed by atoms with Crippen molar-refractivity contribution in [2.24, 2.45) is 5.73 Å². The van der Waals surface area contributed by atoms with Crippen molar-refractivity contribution in [1.82, 2.24) is 0 Å². The Kier molecular flexibility index (Phi) is 2.77. The van der Waals surface area contributed by atoms with Gasteiger partial charge in [0.1, 0.15) is 0 Å². The predicted octanol–water partition coefficient (Wildman–Crippen LogP) is 2.84. The van der Waals surface area contributed by atoms with E-state index in [4.69, 9.17) is 5.73 Å². The first-order valence-electron chi connectivity index (χ1n) is 4.76. The molecule has 0 bridgehead atoms. The molecule has 72 valence electrons. The van der Waals surface area contributed by atoms with Crippen LogP contribution in [0.1, 0.15) is 37.8 Å². The first-order chi connectivity index (χ1) is 5.91. The minimum Gasteiger partial charge on any atom is -0.325 e. The third kappa shape index (κ3) is 2.56. The zero-order valence-electron chi connectivity index (χ0n) is 8.96. The molecule has 1 unspecified atom stereocenters. The van der Waals surface area contributed by atoms with E-state index >= 15 is 0 Å². The highest BCUT2D eigenvalue weighted by Crippen LogP contribution is 2.25. The van der Waals surface area contributed by atoms with Crippen LogP contribution in [0.2, 0.25) is 0 Å². The van der Waals surface area contributed by atoms with Crippen molar-refractivity contribution in [2.75, 3.05) is 0 Å². The smallest absolute Gasteiger partial charge is 0.0163 e. The van der Waals surface area contributed by atoms with Gasteiger partial charge in [0.15, 0.2) is 0 Å². The van der Waals surface area contributed by atoms with Crippen LogP contribution in [0.15, 0.2) is 24.3 Å². The summed E-state index contributed by atoms with van der Waals surface area (Å²) in [6, 6.07) is 8.60. The molecule has 0 fully saturated rings. The summed E-state index contributed by atoms with van der Waals surface area (Å²) in [4.78, 5) is 0. The molecule has 1 heteroatoms. The van der Waals surface area contributed by atoms with Crippen LogP contribution >= 0.6 is 0 Å². The van der Waals surface area contributed by atoms with Gasteiger partial charge in [0.2, 0.25) is 0 Å². The standard InChI is InChI=1S/C12H19N/c1-9-5-7-11(8-6-9)10(2)12(3,4)13/h5-8,10H,13H2,1-4H3. The van der Waals surface area contributed by atoms with E-state index in [0.29, 0.717) is 5.92 Å². The van der Waals surface area contributed by atoms with Crippen molar-refractivity contribution >= 4 is 0 Å². The number of aryl methyl sites for hydroxylation is 1. The molecule has 0 aliphatic rings. The van der Waals surface area contributed by atoms with E-state index in [-0.39, 0.29) is 5.54 Å². The highest BCUT2D eigenvalue weighted by molar-refractivity contribution is 5.26. The normalized spacial score (nSPS) is 14.2. The van der Waals surface area contributed by atoms with Gasteiger partial charge in [-0.15, -0.1) is 0 Å². The van der Waals surface area contributed by atoms with Crippen molar-refractivity contribution in [3.05, 3.63) is 35.4 Å². The summed E-state index contributed by atoms with van der Waals surface area (Å²) in [5.74, 6) is 0.396. The maximum atomic E-state index is 6.05. The molecule has 0 aromatic heterocycles. The van der Waals surface area contributed by atoms with Crippen LogP contribution in [0.25, 0.3) is 0 Å². The van der Waals surface area contributed by atoms with Crippen molar-refractivity contribution in [3.63, 3.8) is 0 Å². The van der Waals surface area contributed by atoms with Gasteiger partial charge in [0, 0.05) is 5.54 Å². The highest BCUT2D eigenvalue weighted by atomic mass is 14.7. The van der Waals surface area contributed by atoms with Gasteiger partial charge in [0.05, 0.1) is 0 Å².